The molecule has 1 saturated carbocycles. The summed E-state index contributed by atoms with van der Waals surface area (Å²) in [5.74, 6) is 0.883. The van der Waals surface area contributed by atoms with Crippen molar-refractivity contribution in [3.05, 3.63) is 24.3 Å². The minimum absolute atomic E-state index is 0.00187. The molecule has 1 aliphatic heterocycles. The van der Waals surface area contributed by atoms with Gasteiger partial charge in [0.25, 0.3) is 0 Å². The summed E-state index contributed by atoms with van der Waals surface area (Å²) < 4.78 is 0. The zero-order valence-electron chi connectivity index (χ0n) is 13.2. The highest BCUT2D eigenvalue weighted by Gasteiger charge is 2.66. The van der Waals surface area contributed by atoms with E-state index in [1.54, 1.807) is 4.90 Å². The standard InChI is InChI=1S/C18H23NO2/c1-16(2)13-7-8-18(16,4)15(21)19(13)14(20)17(3)10-11-5-6-12(17)9-11/h5-8,11-13H,9-10H2,1-4H3/t11-,12+,13-,17-,18-/m0/s1. The molecule has 0 N–H and O–H groups in total. The van der Waals surface area contributed by atoms with Crippen molar-refractivity contribution in [2.75, 3.05) is 0 Å². The fourth-order valence-electron chi connectivity index (χ4n) is 5.01. The Kier molecular flexibility index (Phi) is 2.22. The molecular weight excluding hydrogens is 262 g/mol. The molecule has 1 heterocycles. The molecule has 0 unspecified atom stereocenters. The van der Waals surface area contributed by atoms with Crippen molar-refractivity contribution in [1.29, 1.82) is 0 Å². The van der Waals surface area contributed by atoms with Gasteiger partial charge in [-0.1, -0.05) is 45.1 Å². The fraction of sp³-hybridized carbons (Fsp3) is 0.667. The third-order valence-electron chi connectivity index (χ3n) is 7.02. The van der Waals surface area contributed by atoms with Gasteiger partial charge in [-0.3, -0.25) is 14.5 Å². The van der Waals surface area contributed by atoms with Crippen LogP contribution in [-0.4, -0.2) is 22.8 Å². The van der Waals surface area contributed by atoms with Gasteiger partial charge in [0.15, 0.2) is 0 Å². The number of hydrogen-bond donors (Lipinski definition) is 0. The van der Waals surface area contributed by atoms with Crippen LogP contribution in [0.25, 0.3) is 0 Å². The summed E-state index contributed by atoms with van der Waals surface area (Å²) in [5, 5.41) is 0. The number of carbonyl (C=O) groups excluding carboxylic acids is 2. The van der Waals surface area contributed by atoms with Crippen LogP contribution in [0.3, 0.4) is 0 Å². The van der Waals surface area contributed by atoms with Crippen LogP contribution in [0.4, 0.5) is 0 Å². The summed E-state index contributed by atoms with van der Waals surface area (Å²) >= 11 is 0. The van der Waals surface area contributed by atoms with Crippen LogP contribution >= 0.6 is 0 Å². The molecule has 0 aromatic rings. The number of fused-ring (bicyclic) bond motifs is 4. The van der Waals surface area contributed by atoms with E-state index >= 15 is 0 Å². The highest BCUT2D eigenvalue weighted by molar-refractivity contribution is 6.05. The van der Waals surface area contributed by atoms with E-state index in [1.165, 1.54) is 0 Å². The van der Waals surface area contributed by atoms with Crippen molar-refractivity contribution < 1.29 is 9.59 Å². The number of amides is 2. The second-order valence-corrected chi connectivity index (χ2v) is 8.32. The van der Waals surface area contributed by atoms with Crippen LogP contribution in [0, 0.1) is 28.1 Å². The molecule has 3 heteroatoms. The third kappa shape index (κ3) is 1.27. The summed E-state index contributed by atoms with van der Waals surface area (Å²) in [7, 11) is 0. The van der Waals surface area contributed by atoms with Gasteiger partial charge < -0.3 is 0 Å². The summed E-state index contributed by atoms with van der Waals surface area (Å²) in [6, 6.07) is -0.0811. The van der Waals surface area contributed by atoms with E-state index < -0.39 is 5.41 Å². The quantitative estimate of drug-likeness (QED) is 0.549. The minimum Gasteiger partial charge on any atom is -0.274 e. The van der Waals surface area contributed by atoms with Gasteiger partial charge in [0.05, 0.1) is 16.9 Å². The van der Waals surface area contributed by atoms with Crippen molar-refractivity contribution in [2.45, 2.75) is 46.6 Å². The predicted molar refractivity (Wildman–Crippen MR) is 80.1 cm³/mol. The number of allylic oxidation sites excluding steroid dienone is 2. The van der Waals surface area contributed by atoms with Gasteiger partial charge in [-0.15, -0.1) is 0 Å². The molecule has 21 heavy (non-hydrogen) atoms. The van der Waals surface area contributed by atoms with E-state index in [1.807, 2.05) is 13.0 Å². The number of hydrogen-bond acceptors (Lipinski definition) is 2. The molecule has 0 spiro atoms. The molecule has 5 atom stereocenters. The molecule has 4 bridgehead atoms. The van der Waals surface area contributed by atoms with Crippen LogP contribution in [0.1, 0.15) is 40.5 Å². The average Bonchev–Trinajstić information content (AvgIpc) is 3.09. The van der Waals surface area contributed by atoms with Gasteiger partial charge in [-0.25, -0.2) is 0 Å². The lowest BCUT2D eigenvalue weighted by Crippen LogP contribution is -2.50. The average molecular weight is 285 g/mol. The summed E-state index contributed by atoms with van der Waals surface area (Å²) in [6.45, 7) is 8.24. The van der Waals surface area contributed by atoms with Crippen molar-refractivity contribution in [1.82, 2.24) is 4.90 Å². The van der Waals surface area contributed by atoms with Crippen LogP contribution < -0.4 is 0 Å². The fourth-order valence-corrected chi connectivity index (χ4v) is 5.01. The minimum atomic E-state index is -0.531. The van der Waals surface area contributed by atoms with Crippen molar-refractivity contribution in [2.24, 2.45) is 28.1 Å². The monoisotopic (exact) mass is 285 g/mol. The first-order valence-corrected chi connectivity index (χ1v) is 7.97. The molecule has 4 aliphatic rings. The summed E-state index contributed by atoms with van der Waals surface area (Å²) in [6.07, 6.45) is 10.5. The lowest BCUT2D eigenvalue weighted by Gasteiger charge is -2.36. The van der Waals surface area contributed by atoms with Crippen molar-refractivity contribution in [3.8, 4) is 0 Å². The summed E-state index contributed by atoms with van der Waals surface area (Å²) in [4.78, 5) is 27.7. The van der Waals surface area contributed by atoms with E-state index in [4.69, 9.17) is 0 Å². The van der Waals surface area contributed by atoms with Crippen LogP contribution in [0.2, 0.25) is 0 Å². The molecule has 0 radical (unpaired) electrons. The number of imide groups is 1. The SMILES string of the molecule is CC1(C)[C@@H]2C=C[C@@]1(C)C(=O)N2C(=O)[C@@]1(C)C[C@H]2C=C[C@@H]1C2. The first kappa shape index (κ1) is 13.3. The van der Waals surface area contributed by atoms with Gasteiger partial charge in [0, 0.05) is 5.41 Å². The highest BCUT2D eigenvalue weighted by Crippen LogP contribution is 2.59. The van der Waals surface area contributed by atoms with E-state index in [2.05, 4.69) is 39.0 Å². The topological polar surface area (TPSA) is 37.4 Å². The molecule has 1 saturated heterocycles. The molecule has 0 aromatic carbocycles. The van der Waals surface area contributed by atoms with Crippen molar-refractivity contribution >= 4 is 11.8 Å². The molecular formula is C18H23NO2. The van der Waals surface area contributed by atoms with E-state index in [0.717, 1.165) is 12.8 Å². The van der Waals surface area contributed by atoms with E-state index in [9.17, 15) is 9.59 Å². The molecule has 112 valence electrons. The molecule has 3 nitrogen and oxygen atoms in total. The Morgan fingerprint density at radius 3 is 2.38 bits per heavy atom. The Labute approximate surface area is 126 Å². The number of likely N-dealkylation sites (tertiary alicyclic amines) is 1. The first-order valence-electron chi connectivity index (χ1n) is 7.97. The van der Waals surface area contributed by atoms with E-state index in [0.29, 0.717) is 11.8 Å². The second kappa shape index (κ2) is 3.50. The highest BCUT2D eigenvalue weighted by atomic mass is 16.2. The van der Waals surface area contributed by atoms with Gasteiger partial charge in [-0.2, -0.15) is 0 Å². The number of rotatable bonds is 1. The maximum atomic E-state index is 13.2. The van der Waals surface area contributed by atoms with Gasteiger partial charge in [0.1, 0.15) is 0 Å². The van der Waals surface area contributed by atoms with Crippen molar-refractivity contribution in [3.63, 3.8) is 0 Å². The van der Waals surface area contributed by atoms with E-state index in [-0.39, 0.29) is 28.7 Å². The normalized spacial score (nSPS) is 48.7. The Hall–Kier alpha value is -1.38. The Balaban J connectivity index is 1.73. The van der Waals surface area contributed by atoms with Gasteiger partial charge in [0.2, 0.25) is 11.8 Å². The second-order valence-electron chi connectivity index (χ2n) is 8.32. The zero-order chi connectivity index (χ0) is 15.2. The molecule has 2 amide bonds. The maximum Gasteiger partial charge on any atom is 0.240 e. The molecule has 4 rings (SSSR count). The molecule has 0 aromatic heterocycles. The summed E-state index contributed by atoms with van der Waals surface area (Å²) in [5.41, 5.74) is -1.12. The van der Waals surface area contributed by atoms with Crippen LogP contribution in [-0.2, 0) is 9.59 Å². The Morgan fingerprint density at radius 2 is 1.90 bits per heavy atom. The lowest BCUT2D eigenvalue weighted by molar-refractivity contribution is -0.153. The molecule has 2 fully saturated rings. The maximum absolute atomic E-state index is 13.2. The van der Waals surface area contributed by atoms with Crippen LogP contribution in [0.15, 0.2) is 24.3 Å². The Morgan fingerprint density at radius 1 is 1.19 bits per heavy atom. The number of nitrogens with zero attached hydrogens (tertiary/aromatic N) is 1. The molecule has 3 aliphatic carbocycles. The lowest BCUT2D eigenvalue weighted by atomic mass is 9.70. The predicted octanol–water partition coefficient (Wildman–Crippen LogP) is 2.93. The Bertz CT molecular complexity index is 617. The number of carbonyl (C=O) groups is 2. The third-order valence-corrected chi connectivity index (χ3v) is 7.02. The smallest absolute Gasteiger partial charge is 0.240 e. The first-order chi connectivity index (χ1) is 9.72. The van der Waals surface area contributed by atoms with Gasteiger partial charge in [-0.05, 0) is 31.6 Å². The van der Waals surface area contributed by atoms with Gasteiger partial charge >= 0.3 is 0 Å². The van der Waals surface area contributed by atoms with Crippen LogP contribution in [0.5, 0.6) is 0 Å². The largest absolute Gasteiger partial charge is 0.274 e. The zero-order valence-corrected chi connectivity index (χ0v) is 13.2.